The fourth-order valence-corrected chi connectivity index (χ4v) is 5.19. The molecule has 7 nitrogen and oxygen atoms in total. The van der Waals surface area contributed by atoms with Crippen LogP contribution in [-0.2, 0) is 14.3 Å². The second-order valence-electron chi connectivity index (χ2n) is 9.10. The number of nitrogens with zero attached hydrogens (tertiary/aromatic N) is 3. The van der Waals surface area contributed by atoms with Crippen LogP contribution in [0.25, 0.3) is 0 Å². The molecule has 0 saturated heterocycles. The lowest BCUT2D eigenvalue weighted by atomic mass is 9.86. The van der Waals surface area contributed by atoms with Crippen LogP contribution >= 0.6 is 11.8 Å². The summed E-state index contributed by atoms with van der Waals surface area (Å²) in [6, 6.07) is 11.8. The van der Waals surface area contributed by atoms with Crippen molar-refractivity contribution in [3.8, 4) is 0 Å². The Morgan fingerprint density at radius 3 is 1.77 bits per heavy atom. The fourth-order valence-electron chi connectivity index (χ4n) is 4.07. The molecule has 0 atom stereocenters. The molecule has 0 saturated carbocycles. The number of amides is 1. The maximum Gasteiger partial charge on any atom is 0.419 e. The molecule has 1 amide bonds. The van der Waals surface area contributed by atoms with E-state index >= 15 is 0 Å². The van der Waals surface area contributed by atoms with Gasteiger partial charge in [0.25, 0.3) is 0 Å². The molecule has 1 heterocycles. The van der Waals surface area contributed by atoms with E-state index in [1.807, 2.05) is 74.4 Å². The van der Waals surface area contributed by atoms with Crippen LogP contribution < -0.4 is 14.7 Å². The summed E-state index contributed by atoms with van der Waals surface area (Å²) in [6.45, 7) is 4.61. The number of rotatable bonds is 4. The number of allylic oxidation sites excluding steroid dienone is 3. The van der Waals surface area contributed by atoms with E-state index < -0.39 is 6.09 Å². The molecule has 1 aliphatic carbocycles. The number of ketones is 2. The molecule has 182 valence electrons. The third kappa shape index (κ3) is 4.34. The molecule has 0 spiro atoms. The van der Waals surface area contributed by atoms with Crippen LogP contribution in [0, 0.1) is 0 Å². The van der Waals surface area contributed by atoms with Crippen molar-refractivity contribution in [3.63, 3.8) is 0 Å². The third-order valence-electron chi connectivity index (χ3n) is 6.45. The standard InChI is InChI=1S/C27H29N3O4S/c1-15-16(2)26(32)20(17(3)25(15)31)14-34-27(33)30-21-10-8-18(28(4)5)12-23(21)35-24-13-19(29(6)7)9-11-22(24)30/h8-13H,14H2,1-7H3. The first-order valence-corrected chi connectivity index (χ1v) is 12.1. The Morgan fingerprint density at radius 1 is 0.800 bits per heavy atom. The van der Waals surface area contributed by atoms with Crippen LogP contribution in [0.2, 0.25) is 0 Å². The maximum absolute atomic E-state index is 13.5. The van der Waals surface area contributed by atoms with Gasteiger partial charge in [0.1, 0.15) is 6.61 Å². The SMILES string of the molecule is CC1=C(C)C(=O)C(COC(=O)N2c3ccc(N(C)C)cc3Sc3cc(N(C)C)ccc32)=C(C)C1=O. The van der Waals surface area contributed by atoms with E-state index in [1.54, 1.807) is 37.4 Å². The first-order chi connectivity index (χ1) is 16.5. The molecule has 4 rings (SSSR count). The zero-order chi connectivity index (χ0) is 25.6. The van der Waals surface area contributed by atoms with Gasteiger partial charge in [-0.1, -0.05) is 11.8 Å². The molecule has 0 N–H and O–H groups in total. The summed E-state index contributed by atoms with van der Waals surface area (Å²) in [7, 11) is 7.87. The predicted octanol–water partition coefficient (Wildman–Crippen LogP) is 5.36. The number of anilines is 4. The van der Waals surface area contributed by atoms with Gasteiger partial charge in [-0.05, 0) is 57.2 Å². The summed E-state index contributed by atoms with van der Waals surface area (Å²) in [4.78, 5) is 46.2. The average Bonchev–Trinajstić information content (AvgIpc) is 2.83. The molecule has 35 heavy (non-hydrogen) atoms. The molecule has 1 aliphatic heterocycles. The van der Waals surface area contributed by atoms with Crippen LogP contribution in [0.4, 0.5) is 27.5 Å². The number of fused-ring (bicyclic) bond motifs is 2. The van der Waals surface area contributed by atoms with Crippen molar-refractivity contribution < 1.29 is 19.1 Å². The van der Waals surface area contributed by atoms with Crippen molar-refractivity contribution in [1.82, 2.24) is 0 Å². The van der Waals surface area contributed by atoms with Gasteiger partial charge >= 0.3 is 6.09 Å². The summed E-state index contributed by atoms with van der Waals surface area (Å²) in [6.07, 6.45) is -0.604. The second kappa shape index (κ2) is 9.26. The highest BCUT2D eigenvalue weighted by atomic mass is 32.2. The van der Waals surface area contributed by atoms with Crippen molar-refractivity contribution in [2.24, 2.45) is 0 Å². The van der Waals surface area contributed by atoms with Crippen LogP contribution in [0.5, 0.6) is 0 Å². The minimum atomic E-state index is -0.604. The summed E-state index contributed by atoms with van der Waals surface area (Å²) >= 11 is 1.60. The first kappa shape index (κ1) is 24.6. The van der Waals surface area contributed by atoms with Gasteiger partial charge in [-0.25, -0.2) is 9.69 Å². The van der Waals surface area contributed by atoms with Gasteiger partial charge in [-0.15, -0.1) is 0 Å². The molecule has 2 aromatic rings. The van der Waals surface area contributed by atoms with Crippen LogP contribution in [0.1, 0.15) is 20.8 Å². The topological polar surface area (TPSA) is 70.2 Å². The van der Waals surface area contributed by atoms with E-state index in [4.69, 9.17) is 4.74 Å². The van der Waals surface area contributed by atoms with Gasteiger partial charge < -0.3 is 14.5 Å². The van der Waals surface area contributed by atoms with E-state index in [2.05, 4.69) is 0 Å². The Bertz CT molecular complexity index is 1270. The van der Waals surface area contributed by atoms with Crippen molar-refractivity contribution in [3.05, 3.63) is 58.7 Å². The monoisotopic (exact) mass is 491 g/mol. The van der Waals surface area contributed by atoms with Gasteiger partial charge in [0.2, 0.25) is 0 Å². The molecule has 0 unspecified atom stereocenters. The number of Topliss-reactive ketones (excluding diaryl/α,β-unsaturated/α-hetero) is 2. The predicted molar refractivity (Wildman–Crippen MR) is 140 cm³/mol. The average molecular weight is 492 g/mol. The lowest BCUT2D eigenvalue weighted by Crippen LogP contribution is -2.31. The van der Waals surface area contributed by atoms with Gasteiger partial charge in [0.05, 0.1) is 11.4 Å². The highest BCUT2D eigenvalue weighted by Crippen LogP contribution is 2.50. The van der Waals surface area contributed by atoms with Crippen LogP contribution in [0.3, 0.4) is 0 Å². The summed E-state index contributed by atoms with van der Waals surface area (Å²) in [5.41, 5.74) is 4.83. The molecule has 0 aromatic heterocycles. The first-order valence-electron chi connectivity index (χ1n) is 11.2. The van der Waals surface area contributed by atoms with Gasteiger partial charge in [0.15, 0.2) is 11.6 Å². The number of hydrogen-bond acceptors (Lipinski definition) is 7. The smallest absolute Gasteiger partial charge is 0.419 e. The normalized spacial score (nSPS) is 15.2. The number of hydrogen-bond donors (Lipinski definition) is 0. The second-order valence-corrected chi connectivity index (χ2v) is 10.2. The van der Waals surface area contributed by atoms with Crippen molar-refractivity contribution in [2.75, 3.05) is 49.5 Å². The van der Waals surface area contributed by atoms with E-state index in [0.29, 0.717) is 28.1 Å². The van der Waals surface area contributed by atoms with Crippen LogP contribution in [-0.4, -0.2) is 52.5 Å². The highest BCUT2D eigenvalue weighted by Gasteiger charge is 2.33. The number of carbonyl (C=O) groups is 3. The third-order valence-corrected chi connectivity index (χ3v) is 7.55. The highest BCUT2D eigenvalue weighted by molar-refractivity contribution is 7.99. The van der Waals surface area contributed by atoms with Crippen molar-refractivity contribution >= 4 is 52.2 Å². The Labute approximate surface area is 210 Å². The van der Waals surface area contributed by atoms with Gasteiger partial charge in [-0.3, -0.25) is 9.59 Å². The van der Waals surface area contributed by atoms with Crippen molar-refractivity contribution in [1.29, 1.82) is 0 Å². The van der Waals surface area contributed by atoms with Gasteiger partial charge in [-0.2, -0.15) is 0 Å². The molecular weight excluding hydrogens is 462 g/mol. The van der Waals surface area contributed by atoms with E-state index in [9.17, 15) is 14.4 Å². The zero-order valence-electron chi connectivity index (χ0n) is 21.1. The van der Waals surface area contributed by atoms with E-state index in [-0.39, 0.29) is 23.7 Å². The Balaban J connectivity index is 1.70. The lowest BCUT2D eigenvalue weighted by Gasteiger charge is -2.32. The van der Waals surface area contributed by atoms with Gasteiger partial charge in [0, 0.05) is 71.6 Å². The number of ether oxygens (including phenoxy) is 1. The van der Waals surface area contributed by atoms with E-state index in [0.717, 1.165) is 21.2 Å². The maximum atomic E-state index is 13.5. The van der Waals surface area contributed by atoms with Crippen LogP contribution in [0.15, 0.2) is 68.5 Å². The largest absolute Gasteiger partial charge is 0.444 e. The quantitative estimate of drug-likeness (QED) is 0.533. The molecule has 2 aliphatic rings. The molecule has 0 bridgehead atoms. The fraction of sp³-hybridized carbons (Fsp3) is 0.296. The number of benzene rings is 2. The Morgan fingerprint density at radius 2 is 1.29 bits per heavy atom. The number of carbonyl (C=O) groups excluding carboxylic acids is 3. The Hall–Kier alpha value is -3.52. The summed E-state index contributed by atoms with van der Waals surface area (Å²) in [5.74, 6) is -0.445. The molecule has 2 aromatic carbocycles. The molecular formula is C27H29N3O4S. The lowest BCUT2D eigenvalue weighted by molar-refractivity contribution is -0.116. The summed E-state index contributed by atoms with van der Waals surface area (Å²) < 4.78 is 5.67. The molecule has 0 radical (unpaired) electrons. The minimum absolute atomic E-state index is 0.189. The summed E-state index contributed by atoms with van der Waals surface area (Å²) in [5, 5.41) is 0. The minimum Gasteiger partial charge on any atom is -0.444 e. The molecule has 8 heteroatoms. The molecule has 0 fully saturated rings. The zero-order valence-corrected chi connectivity index (χ0v) is 21.9. The van der Waals surface area contributed by atoms with E-state index in [1.165, 1.54) is 0 Å². The Kier molecular flexibility index (Phi) is 6.51. The van der Waals surface area contributed by atoms with Crippen molar-refractivity contribution in [2.45, 2.75) is 30.6 Å².